The molecule has 1 aliphatic heterocycles. The van der Waals surface area contributed by atoms with E-state index in [1.165, 1.54) is 9.80 Å². The van der Waals surface area contributed by atoms with E-state index in [4.69, 9.17) is 11.5 Å². The van der Waals surface area contributed by atoms with Gasteiger partial charge in [0.2, 0.25) is 5.91 Å². The Morgan fingerprint density at radius 2 is 1.82 bits per heavy atom. The topological polar surface area (TPSA) is 142 Å². The number of likely N-dealkylation sites (N-methyl/N-ethyl adjacent to an activating group) is 1. The largest absolute Gasteiger partial charge is 0.481 e. The lowest BCUT2D eigenvalue weighted by molar-refractivity contribution is -0.138. The number of anilines is 1. The number of unbranched alkanes of at least 4 members (excludes halogenated alkanes) is 2. The van der Waals surface area contributed by atoms with Gasteiger partial charge in [-0.2, -0.15) is 0 Å². The molecule has 9 nitrogen and oxygen atoms in total. The minimum atomic E-state index is -1.04. The fourth-order valence-corrected chi connectivity index (χ4v) is 4.14. The normalized spacial score (nSPS) is 14.4. The molecule has 180 valence electrons. The molecular formula is C25H31N5O4. The van der Waals surface area contributed by atoms with Crippen LogP contribution in [0.2, 0.25) is 0 Å². The summed E-state index contributed by atoms with van der Waals surface area (Å²) < 4.78 is 0. The van der Waals surface area contributed by atoms with Gasteiger partial charge in [-0.1, -0.05) is 42.8 Å². The number of nitrogens with two attached hydrogens (primary N) is 2. The number of aryl methyl sites for hydroxylation is 1. The maximum atomic E-state index is 13.7. The summed E-state index contributed by atoms with van der Waals surface area (Å²) in [5.74, 6) is -1.58. The van der Waals surface area contributed by atoms with Crippen LogP contribution in [0.1, 0.15) is 53.2 Å². The number of rotatable bonds is 10. The maximum absolute atomic E-state index is 13.7. The van der Waals surface area contributed by atoms with Gasteiger partial charge in [0.1, 0.15) is 6.54 Å². The van der Waals surface area contributed by atoms with Crippen molar-refractivity contribution < 1.29 is 19.5 Å². The first-order valence-corrected chi connectivity index (χ1v) is 11.3. The summed E-state index contributed by atoms with van der Waals surface area (Å²) in [6.45, 7) is 0.383. The number of hydrogen-bond acceptors (Lipinski definition) is 4. The van der Waals surface area contributed by atoms with Crippen molar-refractivity contribution in [3.8, 4) is 0 Å². The number of aliphatic carboxylic acids is 1. The quantitative estimate of drug-likeness (QED) is 0.279. The number of hydrogen-bond donors (Lipinski definition) is 3. The average Bonchev–Trinajstić information content (AvgIpc) is 2.90. The second-order valence-corrected chi connectivity index (χ2v) is 8.38. The van der Waals surface area contributed by atoms with E-state index < -0.39 is 12.0 Å². The van der Waals surface area contributed by atoms with Crippen molar-refractivity contribution in [1.29, 1.82) is 0 Å². The molecule has 2 aromatic rings. The van der Waals surface area contributed by atoms with Crippen LogP contribution < -0.4 is 16.4 Å². The van der Waals surface area contributed by atoms with Gasteiger partial charge < -0.3 is 26.4 Å². The highest BCUT2D eigenvalue weighted by Gasteiger charge is 2.35. The lowest BCUT2D eigenvalue weighted by atomic mass is 9.99. The number of carboxylic acid groups (broad SMARTS) is 1. The minimum Gasteiger partial charge on any atom is -0.481 e. The lowest BCUT2D eigenvalue weighted by Gasteiger charge is -2.29. The Morgan fingerprint density at radius 1 is 1.09 bits per heavy atom. The molecule has 0 spiro atoms. The van der Waals surface area contributed by atoms with Gasteiger partial charge in [0.25, 0.3) is 5.91 Å². The van der Waals surface area contributed by atoms with Crippen LogP contribution >= 0.6 is 0 Å². The van der Waals surface area contributed by atoms with E-state index in [9.17, 15) is 19.5 Å². The third-order valence-electron chi connectivity index (χ3n) is 5.94. The van der Waals surface area contributed by atoms with E-state index in [-0.39, 0.29) is 30.7 Å². The molecule has 1 heterocycles. The van der Waals surface area contributed by atoms with Crippen LogP contribution in [0, 0.1) is 0 Å². The van der Waals surface area contributed by atoms with Crippen molar-refractivity contribution >= 4 is 29.4 Å². The third kappa shape index (κ3) is 6.12. The van der Waals surface area contributed by atoms with Crippen LogP contribution in [0.3, 0.4) is 0 Å². The van der Waals surface area contributed by atoms with Crippen molar-refractivity contribution in [2.75, 3.05) is 25.0 Å². The van der Waals surface area contributed by atoms with Gasteiger partial charge in [0, 0.05) is 13.6 Å². The van der Waals surface area contributed by atoms with Crippen molar-refractivity contribution in [2.45, 2.75) is 38.1 Å². The minimum absolute atomic E-state index is 0.0872. The molecular weight excluding hydrogens is 434 g/mol. The molecule has 9 heteroatoms. The first kappa shape index (κ1) is 24.8. The molecule has 0 radical (unpaired) electrons. The molecule has 0 fully saturated rings. The van der Waals surface area contributed by atoms with E-state index in [0.29, 0.717) is 23.4 Å². The van der Waals surface area contributed by atoms with Gasteiger partial charge in [-0.15, -0.1) is 0 Å². The summed E-state index contributed by atoms with van der Waals surface area (Å²) in [6.07, 6.45) is 3.16. The van der Waals surface area contributed by atoms with Crippen LogP contribution in [0.15, 0.2) is 53.5 Å². The molecule has 0 saturated heterocycles. The predicted molar refractivity (Wildman–Crippen MR) is 131 cm³/mol. The number of guanidine groups is 1. The monoisotopic (exact) mass is 465 g/mol. The number of amides is 2. The highest BCUT2D eigenvalue weighted by Crippen LogP contribution is 2.32. The zero-order valence-corrected chi connectivity index (χ0v) is 19.3. The Morgan fingerprint density at radius 3 is 2.50 bits per heavy atom. The van der Waals surface area contributed by atoms with E-state index >= 15 is 0 Å². The lowest BCUT2D eigenvalue weighted by Crippen LogP contribution is -2.40. The number of carbonyl (C=O) groups is 3. The number of carbonyl (C=O) groups excluding carboxylic acids is 2. The fraction of sp³-hybridized carbons (Fsp3) is 0.360. The van der Waals surface area contributed by atoms with E-state index in [0.717, 1.165) is 31.2 Å². The van der Waals surface area contributed by atoms with Gasteiger partial charge in [-0.3, -0.25) is 19.4 Å². The highest BCUT2D eigenvalue weighted by molar-refractivity contribution is 6.09. The smallest absolute Gasteiger partial charge is 0.305 e. The zero-order valence-electron chi connectivity index (χ0n) is 19.3. The molecule has 3 rings (SSSR count). The first-order valence-electron chi connectivity index (χ1n) is 11.3. The second-order valence-electron chi connectivity index (χ2n) is 8.38. The average molecular weight is 466 g/mol. The van der Waals surface area contributed by atoms with Gasteiger partial charge in [-0.25, -0.2) is 0 Å². The Labute approximate surface area is 199 Å². The van der Waals surface area contributed by atoms with Gasteiger partial charge in [0.15, 0.2) is 5.96 Å². The molecule has 34 heavy (non-hydrogen) atoms. The van der Waals surface area contributed by atoms with Crippen molar-refractivity contribution in [1.82, 2.24) is 4.90 Å². The summed E-state index contributed by atoms with van der Waals surface area (Å²) >= 11 is 0. The van der Waals surface area contributed by atoms with Crippen molar-refractivity contribution in [3.05, 3.63) is 65.2 Å². The molecule has 2 amide bonds. The van der Waals surface area contributed by atoms with Gasteiger partial charge in [-0.05, 0) is 42.5 Å². The third-order valence-corrected chi connectivity index (χ3v) is 5.94. The summed E-state index contributed by atoms with van der Waals surface area (Å²) in [6, 6.07) is 13.7. The van der Waals surface area contributed by atoms with E-state index in [2.05, 4.69) is 4.99 Å². The second kappa shape index (κ2) is 11.3. The van der Waals surface area contributed by atoms with E-state index in [1.807, 2.05) is 18.2 Å². The zero-order chi connectivity index (χ0) is 24.7. The number of benzene rings is 2. The standard InChI is InChI=1S/C25H31N5O4/c1-29-20-12-11-17(8-4-3-7-13-28-25(26)27)14-19(20)24(34)30(16-22(29)31)21(15-23(32)33)18-9-5-2-6-10-18/h2,5-6,9-12,14,21H,3-4,7-8,13,15-16H2,1H3,(H,32,33)(H4,26,27,28). The molecule has 0 saturated carbocycles. The molecule has 2 aromatic carbocycles. The summed E-state index contributed by atoms with van der Waals surface area (Å²) in [5.41, 5.74) is 13.3. The summed E-state index contributed by atoms with van der Waals surface area (Å²) in [4.78, 5) is 45.1. The van der Waals surface area contributed by atoms with Crippen LogP contribution in [0.5, 0.6) is 0 Å². The van der Waals surface area contributed by atoms with E-state index in [1.54, 1.807) is 37.4 Å². The number of fused-ring (bicyclic) bond motifs is 1. The fourth-order valence-electron chi connectivity index (χ4n) is 4.14. The molecule has 0 aliphatic carbocycles. The predicted octanol–water partition coefficient (Wildman–Crippen LogP) is 2.31. The Kier molecular flexibility index (Phi) is 8.24. The Balaban J connectivity index is 1.86. The molecule has 1 aliphatic rings. The SMILES string of the molecule is CN1C(=O)CN(C(CC(=O)O)c2ccccc2)C(=O)c2cc(CCCCCN=C(N)N)ccc21. The Bertz CT molecular complexity index is 1070. The molecule has 5 N–H and O–H groups in total. The summed E-state index contributed by atoms with van der Waals surface area (Å²) in [5, 5.41) is 9.52. The van der Waals surface area contributed by atoms with Gasteiger partial charge in [0.05, 0.1) is 23.7 Å². The molecule has 0 aromatic heterocycles. The maximum Gasteiger partial charge on any atom is 0.305 e. The van der Waals surface area contributed by atoms with Crippen LogP contribution in [-0.2, 0) is 16.0 Å². The van der Waals surface area contributed by atoms with Crippen molar-refractivity contribution in [3.63, 3.8) is 0 Å². The molecule has 1 unspecified atom stereocenters. The van der Waals surface area contributed by atoms with Crippen LogP contribution in [-0.4, -0.2) is 53.9 Å². The number of aliphatic imine (C=N–C) groups is 1. The Hall–Kier alpha value is -3.88. The summed E-state index contributed by atoms with van der Waals surface area (Å²) in [7, 11) is 1.63. The highest BCUT2D eigenvalue weighted by atomic mass is 16.4. The van der Waals surface area contributed by atoms with Gasteiger partial charge >= 0.3 is 5.97 Å². The van der Waals surface area contributed by atoms with Crippen LogP contribution in [0.4, 0.5) is 5.69 Å². The number of carboxylic acids is 1. The number of nitrogens with zero attached hydrogens (tertiary/aromatic N) is 3. The molecule has 1 atom stereocenters. The molecule has 0 bridgehead atoms. The van der Waals surface area contributed by atoms with Crippen LogP contribution in [0.25, 0.3) is 0 Å². The van der Waals surface area contributed by atoms with Crippen molar-refractivity contribution in [2.24, 2.45) is 16.5 Å². The first-order chi connectivity index (χ1) is 16.3.